The van der Waals surface area contributed by atoms with Crippen LogP contribution in [0.1, 0.15) is 19.3 Å². The van der Waals surface area contributed by atoms with Crippen LogP contribution < -0.4 is 0 Å². The van der Waals surface area contributed by atoms with Crippen LogP contribution in [0.2, 0.25) is 0 Å². The van der Waals surface area contributed by atoms with Crippen molar-refractivity contribution in [1.82, 2.24) is 4.90 Å². The van der Waals surface area contributed by atoms with Crippen molar-refractivity contribution < 1.29 is 15.0 Å². The molecule has 4 heteroatoms. The van der Waals surface area contributed by atoms with E-state index in [-0.39, 0.29) is 11.6 Å². The molecule has 1 aliphatic heterocycles. The minimum atomic E-state index is -0.844. The number of hydrogen-bond acceptors (Lipinski definition) is 2. The van der Waals surface area contributed by atoms with Gasteiger partial charge in [0.05, 0.1) is 11.6 Å². The van der Waals surface area contributed by atoms with E-state index in [9.17, 15) is 4.79 Å². The maximum atomic E-state index is 10.5. The molecule has 1 saturated carbocycles. The summed E-state index contributed by atoms with van der Waals surface area (Å²) in [5, 5.41) is 17.7. The van der Waals surface area contributed by atoms with Crippen LogP contribution in [-0.2, 0) is 0 Å². The summed E-state index contributed by atoms with van der Waals surface area (Å²) >= 11 is 0. The normalized spacial score (nSPS) is 41.5. The summed E-state index contributed by atoms with van der Waals surface area (Å²) in [6.45, 7) is 0.641. The number of amides is 1. The molecule has 0 aromatic heterocycles. The summed E-state index contributed by atoms with van der Waals surface area (Å²) in [4.78, 5) is 12.0. The summed E-state index contributed by atoms with van der Waals surface area (Å²) in [5.74, 6) is 0. The van der Waals surface area contributed by atoms with Crippen molar-refractivity contribution in [3.63, 3.8) is 0 Å². The van der Waals surface area contributed by atoms with E-state index >= 15 is 0 Å². The fourth-order valence-electron chi connectivity index (χ4n) is 2.08. The average molecular weight is 157 g/mol. The number of aliphatic hydroxyl groups is 1. The van der Waals surface area contributed by atoms with E-state index in [4.69, 9.17) is 10.2 Å². The van der Waals surface area contributed by atoms with Gasteiger partial charge in [-0.15, -0.1) is 0 Å². The zero-order chi connectivity index (χ0) is 8.06. The SMILES string of the molecule is O=C(O)N1CCC12CC(O)C2. The molecule has 1 heterocycles. The van der Waals surface area contributed by atoms with Crippen LogP contribution in [0.3, 0.4) is 0 Å². The Hall–Kier alpha value is -0.770. The van der Waals surface area contributed by atoms with E-state index in [1.807, 2.05) is 0 Å². The van der Waals surface area contributed by atoms with Crippen LogP contribution in [-0.4, -0.2) is 39.4 Å². The first kappa shape index (κ1) is 6.91. The third kappa shape index (κ3) is 0.758. The molecule has 4 nitrogen and oxygen atoms in total. The Morgan fingerprint density at radius 1 is 1.55 bits per heavy atom. The number of aliphatic hydroxyl groups excluding tert-OH is 1. The summed E-state index contributed by atoms with van der Waals surface area (Å²) in [5.41, 5.74) is -0.161. The maximum absolute atomic E-state index is 10.5. The smallest absolute Gasteiger partial charge is 0.407 e. The Balaban J connectivity index is 2.01. The van der Waals surface area contributed by atoms with E-state index in [0.29, 0.717) is 19.4 Å². The molecule has 2 N–H and O–H groups in total. The van der Waals surface area contributed by atoms with Gasteiger partial charge in [0.25, 0.3) is 0 Å². The number of hydrogen-bond donors (Lipinski definition) is 2. The van der Waals surface area contributed by atoms with Gasteiger partial charge < -0.3 is 15.1 Å². The molecule has 2 fully saturated rings. The third-order valence-corrected chi connectivity index (χ3v) is 2.84. The van der Waals surface area contributed by atoms with Crippen molar-refractivity contribution in [2.24, 2.45) is 0 Å². The van der Waals surface area contributed by atoms with E-state index < -0.39 is 6.09 Å². The molecule has 0 aromatic rings. The second-order valence-electron chi connectivity index (χ2n) is 3.47. The van der Waals surface area contributed by atoms with E-state index in [2.05, 4.69) is 0 Å². The molecule has 1 saturated heterocycles. The van der Waals surface area contributed by atoms with Crippen molar-refractivity contribution in [2.45, 2.75) is 30.9 Å². The summed E-state index contributed by atoms with van der Waals surface area (Å²) in [6.07, 6.45) is 1.09. The van der Waals surface area contributed by atoms with Crippen LogP contribution in [0.5, 0.6) is 0 Å². The quantitative estimate of drug-likeness (QED) is 0.530. The average Bonchev–Trinajstić information content (AvgIpc) is 1.76. The largest absolute Gasteiger partial charge is 0.465 e. The molecule has 0 aromatic carbocycles. The first-order chi connectivity index (χ1) is 5.14. The van der Waals surface area contributed by atoms with Crippen LogP contribution in [0.25, 0.3) is 0 Å². The highest BCUT2D eigenvalue weighted by Gasteiger charge is 2.55. The van der Waals surface area contributed by atoms with E-state index in [1.165, 1.54) is 4.90 Å². The van der Waals surface area contributed by atoms with Gasteiger partial charge in [-0.2, -0.15) is 0 Å². The van der Waals surface area contributed by atoms with Crippen LogP contribution in [0.4, 0.5) is 4.79 Å². The molecule has 62 valence electrons. The zero-order valence-corrected chi connectivity index (χ0v) is 6.16. The van der Waals surface area contributed by atoms with E-state index in [1.54, 1.807) is 0 Å². The fraction of sp³-hybridized carbons (Fsp3) is 0.857. The van der Waals surface area contributed by atoms with E-state index in [0.717, 1.165) is 6.42 Å². The van der Waals surface area contributed by atoms with Gasteiger partial charge in [0.15, 0.2) is 0 Å². The van der Waals surface area contributed by atoms with Gasteiger partial charge in [-0.3, -0.25) is 0 Å². The number of likely N-dealkylation sites (tertiary alicyclic amines) is 1. The van der Waals surface area contributed by atoms with Gasteiger partial charge in [0.1, 0.15) is 0 Å². The molecule has 0 atom stereocenters. The molecule has 2 aliphatic rings. The van der Waals surface area contributed by atoms with Gasteiger partial charge >= 0.3 is 6.09 Å². The van der Waals surface area contributed by atoms with Crippen LogP contribution >= 0.6 is 0 Å². The molecular weight excluding hydrogens is 146 g/mol. The summed E-state index contributed by atoms with van der Waals surface area (Å²) in [7, 11) is 0. The number of carboxylic acid groups (broad SMARTS) is 1. The maximum Gasteiger partial charge on any atom is 0.407 e. The minimum absolute atomic E-state index is 0.161. The lowest BCUT2D eigenvalue weighted by Crippen LogP contribution is -2.69. The Bertz CT molecular complexity index is 198. The van der Waals surface area contributed by atoms with Gasteiger partial charge in [0.2, 0.25) is 0 Å². The Kier molecular flexibility index (Phi) is 1.18. The predicted octanol–water partition coefficient (Wildman–Crippen LogP) is 0.264. The molecular formula is C7H11NO3. The van der Waals surface area contributed by atoms with Crippen molar-refractivity contribution in [1.29, 1.82) is 0 Å². The van der Waals surface area contributed by atoms with Crippen molar-refractivity contribution in [3.05, 3.63) is 0 Å². The molecule has 1 aliphatic carbocycles. The lowest BCUT2D eigenvalue weighted by atomic mass is 9.66. The van der Waals surface area contributed by atoms with Crippen molar-refractivity contribution in [2.75, 3.05) is 6.54 Å². The highest BCUT2D eigenvalue weighted by Crippen LogP contribution is 2.46. The first-order valence-corrected chi connectivity index (χ1v) is 3.83. The molecule has 1 amide bonds. The number of carbonyl (C=O) groups is 1. The lowest BCUT2D eigenvalue weighted by Gasteiger charge is -2.58. The summed E-state index contributed by atoms with van der Waals surface area (Å²) in [6, 6.07) is 0. The van der Waals surface area contributed by atoms with Gasteiger partial charge in [-0.1, -0.05) is 0 Å². The lowest BCUT2D eigenvalue weighted by molar-refractivity contribution is -0.117. The zero-order valence-electron chi connectivity index (χ0n) is 6.16. The summed E-state index contributed by atoms with van der Waals surface area (Å²) < 4.78 is 0. The Morgan fingerprint density at radius 2 is 2.18 bits per heavy atom. The van der Waals surface area contributed by atoms with Gasteiger partial charge in [-0.25, -0.2) is 4.79 Å². The van der Waals surface area contributed by atoms with Crippen molar-refractivity contribution in [3.8, 4) is 0 Å². The number of rotatable bonds is 0. The monoisotopic (exact) mass is 157 g/mol. The van der Waals surface area contributed by atoms with Crippen molar-refractivity contribution >= 4 is 6.09 Å². The Morgan fingerprint density at radius 3 is 2.45 bits per heavy atom. The van der Waals surface area contributed by atoms with Crippen LogP contribution in [0, 0.1) is 0 Å². The topological polar surface area (TPSA) is 60.8 Å². The minimum Gasteiger partial charge on any atom is -0.465 e. The highest BCUT2D eigenvalue weighted by atomic mass is 16.4. The first-order valence-electron chi connectivity index (χ1n) is 3.83. The molecule has 2 rings (SSSR count). The second kappa shape index (κ2) is 1.88. The highest BCUT2D eigenvalue weighted by molar-refractivity contribution is 5.68. The second-order valence-corrected chi connectivity index (χ2v) is 3.47. The molecule has 1 spiro atoms. The van der Waals surface area contributed by atoms with Crippen LogP contribution in [0.15, 0.2) is 0 Å². The molecule has 11 heavy (non-hydrogen) atoms. The third-order valence-electron chi connectivity index (χ3n) is 2.84. The fourth-order valence-corrected chi connectivity index (χ4v) is 2.08. The Labute approximate surface area is 64.4 Å². The molecule has 0 unspecified atom stereocenters. The van der Waals surface area contributed by atoms with Gasteiger partial charge in [0, 0.05) is 6.54 Å². The standard InChI is InChI=1S/C7H11NO3/c9-5-3-7(4-5)1-2-8(7)6(10)11/h5,9H,1-4H2,(H,10,11). The molecule has 0 bridgehead atoms. The predicted molar refractivity (Wildman–Crippen MR) is 37.3 cm³/mol. The molecule has 0 radical (unpaired) electrons. The van der Waals surface area contributed by atoms with Gasteiger partial charge in [-0.05, 0) is 19.3 Å². The number of nitrogens with zero attached hydrogens (tertiary/aromatic N) is 1.